The van der Waals surface area contributed by atoms with E-state index in [1.54, 1.807) is 12.1 Å². The van der Waals surface area contributed by atoms with Crippen molar-refractivity contribution in [3.63, 3.8) is 0 Å². The van der Waals surface area contributed by atoms with Gasteiger partial charge in [0.2, 0.25) is 0 Å². The normalized spacial score (nSPS) is 25.7. The topological polar surface area (TPSA) is 275 Å². The Bertz CT molecular complexity index is 3930. The molecule has 6 N–H and O–H groups in total. The van der Waals surface area contributed by atoms with Crippen LogP contribution in [-0.4, -0.2) is 131 Å². The van der Waals surface area contributed by atoms with Crippen LogP contribution in [0.15, 0.2) is 84.7 Å². The zero-order chi connectivity index (χ0) is 64.0. The molecule has 87 heavy (non-hydrogen) atoms. The van der Waals surface area contributed by atoms with Crippen LogP contribution < -0.4 is 0 Å². The second-order valence-electron chi connectivity index (χ2n) is 23.1. The molecular weight excluding hydrogens is 1310 g/mol. The minimum atomic E-state index is -3.75. The van der Waals surface area contributed by atoms with Crippen molar-refractivity contribution in [1.82, 2.24) is 0 Å². The highest BCUT2D eigenvalue weighted by Gasteiger charge is 2.53. The van der Waals surface area contributed by atoms with Crippen LogP contribution >= 0.6 is 15.9 Å². The lowest BCUT2D eigenvalue weighted by Crippen LogP contribution is -2.22. The summed E-state index contributed by atoms with van der Waals surface area (Å²) in [6.45, 7) is 0. The fourth-order valence-electron chi connectivity index (χ4n) is 12.5. The summed E-state index contributed by atoms with van der Waals surface area (Å²) in [5, 5.41) is 59.0. The standard InChI is InChI=1S/C16H20F2O4S.C16H18F2O4S.C16H16F2O4S.C10H9BrF2O3S.CH4/c3*1-23(21,22)13-6-5-11(9-3-2-4-10(19)7-9)12-8-16(17,18)15(20)14(12)13;1-17(15,16)7-3-2-6(11)5-4-10(12,13)9(14)8(5)7;/h5-6,9-10,15,19-20H,2-4,7-8H2,1H3;5-7,10,15,19-20H,2-4,8H2,1H3;5-7,15,20H,2-4,8H2,1H3;2-3,9,14H,4H2,1H3;1H4/t9?,10?,15-;10?,15-;15-;9-;/m0000./s1. The van der Waals surface area contributed by atoms with Gasteiger partial charge in [-0.3, -0.25) is 4.79 Å². The number of hydrogen-bond acceptors (Lipinski definition) is 15. The molecule has 0 bridgehead atoms. The van der Waals surface area contributed by atoms with E-state index in [4.69, 9.17) is 0 Å². The predicted molar refractivity (Wildman–Crippen MR) is 309 cm³/mol. The molecule has 7 atom stereocenters. The van der Waals surface area contributed by atoms with Gasteiger partial charge in [0, 0.05) is 83.9 Å². The average Bonchev–Trinajstić information content (AvgIpc) is 1.96. The van der Waals surface area contributed by atoms with E-state index in [-0.39, 0.29) is 83.2 Å². The van der Waals surface area contributed by atoms with Crippen LogP contribution in [0.1, 0.15) is 163 Å². The third kappa shape index (κ3) is 14.3. The summed E-state index contributed by atoms with van der Waals surface area (Å²) in [6.07, 6.45) is 0.854. The van der Waals surface area contributed by atoms with Gasteiger partial charge in [-0.15, -0.1) is 0 Å². The van der Waals surface area contributed by atoms with Crippen molar-refractivity contribution < 1.29 is 104 Å². The first-order chi connectivity index (χ1) is 39.5. The van der Waals surface area contributed by atoms with Crippen molar-refractivity contribution >= 4 is 72.2 Å². The molecule has 15 nitrogen and oxygen atoms in total. The van der Waals surface area contributed by atoms with Crippen LogP contribution in [0.25, 0.3) is 11.1 Å². The molecule has 4 aromatic carbocycles. The number of ketones is 1. The van der Waals surface area contributed by atoms with Gasteiger partial charge in [-0.25, -0.2) is 68.8 Å². The van der Waals surface area contributed by atoms with Crippen molar-refractivity contribution in [1.29, 1.82) is 0 Å². The summed E-state index contributed by atoms with van der Waals surface area (Å²) < 4.78 is 206. The van der Waals surface area contributed by atoms with Crippen LogP contribution in [0.4, 0.5) is 35.1 Å². The molecule has 0 heterocycles. The number of carbonyl (C=O) groups is 1. The Morgan fingerprint density at radius 3 is 1.26 bits per heavy atom. The molecule has 3 unspecified atom stereocenters. The Morgan fingerprint density at radius 1 is 0.460 bits per heavy atom. The largest absolute Gasteiger partial charge is 0.393 e. The Kier molecular flexibility index (Phi) is 20.1. The Labute approximate surface area is 508 Å². The molecule has 0 saturated heterocycles. The highest BCUT2D eigenvalue weighted by Crippen LogP contribution is 2.53. The van der Waals surface area contributed by atoms with E-state index in [0.29, 0.717) is 71.7 Å². The lowest BCUT2D eigenvalue weighted by molar-refractivity contribution is -0.114. The molecule has 0 amide bonds. The molecule has 480 valence electrons. The van der Waals surface area contributed by atoms with Crippen LogP contribution in [-0.2, 0) is 69.8 Å². The van der Waals surface area contributed by atoms with E-state index in [2.05, 4.69) is 15.9 Å². The lowest BCUT2D eigenvalue weighted by Gasteiger charge is -2.28. The van der Waals surface area contributed by atoms with Gasteiger partial charge in [0.15, 0.2) is 45.1 Å². The van der Waals surface area contributed by atoms with Crippen LogP contribution in [0.5, 0.6) is 0 Å². The molecule has 1 saturated carbocycles. The Morgan fingerprint density at radius 2 is 0.839 bits per heavy atom. The van der Waals surface area contributed by atoms with Crippen molar-refractivity contribution in [3.05, 3.63) is 126 Å². The second kappa shape index (κ2) is 25.0. The van der Waals surface area contributed by atoms with E-state index in [0.717, 1.165) is 49.9 Å². The first kappa shape index (κ1) is 70.0. The zero-order valence-corrected chi connectivity index (χ0v) is 51.5. The summed E-state index contributed by atoms with van der Waals surface area (Å²) in [7, 11) is -14.8. The number of alkyl halides is 8. The van der Waals surface area contributed by atoms with Crippen molar-refractivity contribution in [2.75, 3.05) is 25.0 Å². The van der Waals surface area contributed by atoms with Gasteiger partial charge in [-0.2, -0.15) is 0 Å². The van der Waals surface area contributed by atoms with Gasteiger partial charge in [-0.05, 0) is 144 Å². The van der Waals surface area contributed by atoms with Crippen molar-refractivity contribution in [3.8, 4) is 0 Å². The maximum absolute atomic E-state index is 14.0. The maximum Gasteiger partial charge on any atom is 0.281 e. The van der Waals surface area contributed by atoms with E-state index in [1.807, 2.05) is 0 Å². The average molecular weight is 1380 g/mol. The maximum atomic E-state index is 14.0. The number of aliphatic hydroxyl groups is 6. The monoisotopic (exact) mass is 1370 g/mol. The smallest absolute Gasteiger partial charge is 0.281 e. The first-order valence-electron chi connectivity index (χ1n) is 27.1. The van der Waals surface area contributed by atoms with Crippen LogP contribution in [0, 0.1) is 0 Å². The summed E-state index contributed by atoms with van der Waals surface area (Å²) in [5.74, 6) is -13.7. The minimum absolute atomic E-state index is 0. The predicted octanol–water partition coefficient (Wildman–Crippen LogP) is 9.74. The van der Waals surface area contributed by atoms with Gasteiger partial charge < -0.3 is 30.6 Å². The number of carbonyl (C=O) groups excluding carboxylic acids is 1. The lowest BCUT2D eigenvalue weighted by atomic mass is 9.80. The number of halogens is 9. The number of hydrogen-bond donors (Lipinski definition) is 6. The van der Waals surface area contributed by atoms with Crippen molar-refractivity contribution in [2.45, 2.75) is 183 Å². The molecular formula is C59H67BrF8O15S4. The Balaban J connectivity index is 0.000000166. The van der Waals surface area contributed by atoms with Crippen LogP contribution in [0.3, 0.4) is 0 Å². The number of fused-ring (bicyclic) bond motifs is 4. The van der Waals surface area contributed by atoms with E-state index in [9.17, 15) is 104 Å². The zero-order valence-electron chi connectivity index (χ0n) is 46.6. The van der Waals surface area contributed by atoms with Crippen molar-refractivity contribution in [2.24, 2.45) is 0 Å². The minimum Gasteiger partial charge on any atom is -0.393 e. The van der Waals surface area contributed by atoms with E-state index < -0.39 is 125 Å². The number of allylic oxidation sites excluding steroid dienone is 3. The molecule has 0 radical (unpaired) electrons. The molecule has 28 heteroatoms. The summed E-state index contributed by atoms with van der Waals surface area (Å²) in [4.78, 5) is 10.6. The molecule has 0 aromatic heterocycles. The quantitative estimate of drug-likeness (QED) is 0.0940. The molecule has 4 aromatic rings. The molecule has 7 aliphatic carbocycles. The fraction of sp³-hybridized carbons (Fsp3) is 0.508. The number of rotatable bonds is 7. The summed E-state index contributed by atoms with van der Waals surface area (Å²) in [6, 6.07) is 11.0. The second-order valence-corrected chi connectivity index (χ2v) is 31.9. The van der Waals surface area contributed by atoms with E-state index >= 15 is 0 Å². The molecule has 1 fully saturated rings. The number of aliphatic hydroxyl groups excluding tert-OH is 6. The molecule has 0 spiro atoms. The highest BCUT2D eigenvalue weighted by molar-refractivity contribution is 9.10. The third-order valence-electron chi connectivity index (χ3n) is 16.5. The summed E-state index contributed by atoms with van der Waals surface area (Å²) in [5.41, 5.74) is 2.87. The van der Waals surface area contributed by atoms with Gasteiger partial charge in [-0.1, -0.05) is 54.1 Å². The first-order valence-corrected chi connectivity index (χ1v) is 35.5. The Hall–Kier alpha value is -4.49. The van der Waals surface area contributed by atoms with Gasteiger partial charge >= 0.3 is 0 Å². The van der Waals surface area contributed by atoms with Crippen LogP contribution in [0.2, 0.25) is 0 Å². The number of benzene rings is 4. The van der Waals surface area contributed by atoms with Gasteiger partial charge in [0.05, 0.1) is 31.8 Å². The van der Waals surface area contributed by atoms with Gasteiger partial charge in [0.1, 0.15) is 24.4 Å². The SMILES string of the molecule is C.CS(=O)(=O)c1ccc(Br)c2c1[C@H](O)C(F)(F)C2.CS(=O)(=O)c1ccc(C2=CC(=O)CCC2)c2c1[C@H](O)C(F)(F)C2.CS(=O)(=O)c1ccc(C2=CC(O)CCC2)c2c1[C@H](O)C(F)(F)C2.CS(=O)(=O)c1ccc(C2CCCC(O)C2)c2c1[C@H](O)C(F)(F)C2. The molecule has 11 rings (SSSR count). The fourth-order valence-corrected chi connectivity index (χ4v) is 16.8. The third-order valence-corrected chi connectivity index (χ3v) is 21.9. The van der Waals surface area contributed by atoms with Gasteiger partial charge in [0.25, 0.3) is 23.7 Å². The molecule has 0 aliphatic heterocycles. The number of sulfone groups is 4. The summed E-state index contributed by atoms with van der Waals surface area (Å²) >= 11 is 3.09. The molecule has 7 aliphatic rings. The van der Waals surface area contributed by atoms with E-state index in [1.165, 1.54) is 48.5 Å². The highest BCUT2D eigenvalue weighted by atomic mass is 79.9.